The topological polar surface area (TPSA) is 84.1 Å². The molecule has 86 valence electrons. The number of anilines is 1. The molecular formula is C10H15N5O. The minimum atomic E-state index is -0.0506. The molecule has 0 fully saturated rings. The van der Waals surface area contributed by atoms with Crippen LogP contribution in [0.25, 0.3) is 0 Å². The van der Waals surface area contributed by atoms with E-state index < -0.39 is 0 Å². The van der Waals surface area contributed by atoms with E-state index in [1.54, 1.807) is 11.1 Å². The van der Waals surface area contributed by atoms with Crippen LogP contribution in [0, 0.1) is 0 Å². The van der Waals surface area contributed by atoms with Gasteiger partial charge < -0.3 is 16.0 Å². The minimum Gasteiger partial charge on any atom is -0.368 e. The summed E-state index contributed by atoms with van der Waals surface area (Å²) in [5.41, 5.74) is 7.45. The minimum absolute atomic E-state index is 0.0506. The second-order valence-electron chi connectivity index (χ2n) is 3.71. The zero-order chi connectivity index (χ0) is 11.5. The van der Waals surface area contributed by atoms with E-state index in [2.05, 4.69) is 15.3 Å². The summed E-state index contributed by atoms with van der Waals surface area (Å²) in [7, 11) is 0. The van der Waals surface area contributed by atoms with Gasteiger partial charge in [-0.25, -0.2) is 14.8 Å². The molecule has 2 heterocycles. The molecule has 1 aliphatic heterocycles. The molecule has 1 aromatic heterocycles. The number of nitrogens with one attached hydrogen (secondary N) is 1. The maximum Gasteiger partial charge on any atom is 0.317 e. The van der Waals surface area contributed by atoms with E-state index in [0.29, 0.717) is 19.6 Å². The number of nitrogen functional groups attached to an aromatic ring is 1. The Labute approximate surface area is 93.9 Å². The van der Waals surface area contributed by atoms with Gasteiger partial charge in [-0.3, -0.25) is 0 Å². The highest BCUT2D eigenvalue weighted by Gasteiger charge is 2.21. The summed E-state index contributed by atoms with van der Waals surface area (Å²) in [5.74, 6) is 0.261. The Kier molecular flexibility index (Phi) is 2.89. The lowest BCUT2D eigenvalue weighted by molar-refractivity contribution is 0.192. The molecule has 3 N–H and O–H groups in total. The van der Waals surface area contributed by atoms with Crippen LogP contribution in [0.2, 0.25) is 0 Å². The summed E-state index contributed by atoms with van der Waals surface area (Å²) < 4.78 is 0. The first-order valence-corrected chi connectivity index (χ1v) is 5.33. The van der Waals surface area contributed by atoms with Crippen molar-refractivity contribution in [2.24, 2.45) is 0 Å². The first-order valence-electron chi connectivity index (χ1n) is 5.33. The summed E-state index contributed by atoms with van der Waals surface area (Å²) >= 11 is 0. The van der Waals surface area contributed by atoms with E-state index in [9.17, 15) is 4.79 Å². The predicted octanol–water partition coefficient (Wildman–Crippen LogP) is 0.146. The smallest absolute Gasteiger partial charge is 0.317 e. The van der Waals surface area contributed by atoms with Crippen molar-refractivity contribution in [2.75, 3.05) is 18.8 Å². The van der Waals surface area contributed by atoms with Crippen LogP contribution in [0.4, 0.5) is 10.7 Å². The van der Waals surface area contributed by atoms with E-state index in [4.69, 9.17) is 5.73 Å². The Bertz CT molecular complexity index is 406. The molecule has 0 unspecified atom stereocenters. The molecule has 6 nitrogen and oxygen atoms in total. The number of aromatic nitrogens is 2. The van der Waals surface area contributed by atoms with E-state index in [-0.39, 0.29) is 12.0 Å². The first-order chi connectivity index (χ1) is 7.70. The van der Waals surface area contributed by atoms with Crippen molar-refractivity contribution in [1.82, 2.24) is 20.2 Å². The molecule has 6 heteroatoms. The van der Waals surface area contributed by atoms with Gasteiger partial charge in [0.2, 0.25) is 5.95 Å². The van der Waals surface area contributed by atoms with E-state index >= 15 is 0 Å². The van der Waals surface area contributed by atoms with Gasteiger partial charge in [0, 0.05) is 19.3 Å². The van der Waals surface area contributed by atoms with Crippen LogP contribution in [-0.4, -0.2) is 34.0 Å². The maximum atomic E-state index is 11.6. The van der Waals surface area contributed by atoms with Crippen LogP contribution in [0.3, 0.4) is 0 Å². The molecule has 0 saturated carbocycles. The van der Waals surface area contributed by atoms with Crippen LogP contribution in [0.5, 0.6) is 0 Å². The maximum absolute atomic E-state index is 11.6. The lowest BCUT2D eigenvalue weighted by atomic mass is 10.1. The molecule has 0 radical (unpaired) electrons. The van der Waals surface area contributed by atoms with E-state index in [1.165, 1.54) is 0 Å². The molecule has 1 aliphatic rings. The lowest BCUT2D eigenvalue weighted by Crippen LogP contribution is -2.43. The summed E-state index contributed by atoms with van der Waals surface area (Å²) in [4.78, 5) is 21.5. The van der Waals surface area contributed by atoms with Crippen molar-refractivity contribution < 1.29 is 4.79 Å². The zero-order valence-corrected chi connectivity index (χ0v) is 9.23. The number of hydrogen-bond acceptors (Lipinski definition) is 4. The molecule has 2 rings (SSSR count). The number of fused-ring (bicyclic) bond motifs is 1. The molecule has 16 heavy (non-hydrogen) atoms. The fourth-order valence-electron chi connectivity index (χ4n) is 1.75. The molecule has 0 aromatic carbocycles. The van der Waals surface area contributed by atoms with Gasteiger partial charge in [-0.15, -0.1) is 0 Å². The largest absolute Gasteiger partial charge is 0.368 e. The summed E-state index contributed by atoms with van der Waals surface area (Å²) in [6.07, 6.45) is 2.53. The van der Waals surface area contributed by atoms with Gasteiger partial charge in [0.25, 0.3) is 0 Å². The van der Waals surface area contributed by atoms with Crippen molar-refractivity contribution in [3.63, 3.8) is 0 Å². The molecule has 0 saturated heterocycles. The molecule has 0 bridgehead atoms. The number of amides is 2. The molecule has 0 atom stereocenters. The highest BCUT2D eigenvalue weighted by Crippen LogP contribution is 2.16. The van der Waals surface area contributed by atoms with E-state index in [0.717, 1.165) is 17.7 Å². The Balaban J connectivity index is 2.13. The monoisotopic (exact) mass is 221 g/mol. The molecular weight excluding hydrogens is 206 g/mol. The SMILES string of the molecule is CCNC(=O)N1CCc2cnc(N)nc2C1. The number of urea groups is 1. The first kappa shape index (κ1) is 10.7. The number of carbonyl (C=O) groups excluding carboxylic acids is 1. The van der Waals surface area contributed by atoms with Gasteiger partial charge in [-0.05, 0) is 18.9 Å². The van der Waals surface area contributed by atoms with Gasteiger partial charge >= 0.3 is 6.03 Å². The second kappa shape index (κ2) is 4.34. The number of hydrogen-bond donors (Lipinski definition) is 2. The van der Waals surface area contributed by atoms with Crippen molar-refractivity contribution >= 4 is 12.0 Å². The number of carbonyl (C=O) groups is 1. The average Bonchev–Trinajstić information content (AvgIpc) is 2.28. The molecule has 2 amide bonds. The normalized spacial score (nSPS) is 14.4. The number of nitrogens with zero attached hydrogens (tertiary/aromatic N) is 3. The van der Waals surface area contributed by atoms with E-state index in [1.807, 2.05) is 6.92 Å². The summed E-state index contributed by atoms with van der Waals surface area (Å²) in [6.45, 7) is 3.74. The fraction of sp³-hybridized carbons (Fsp3) is 0.500. The van der Waals surface area contributed by atoms with Crippen molar-refractivity contribution in [1.29, 1.82) is 0 Å². The van der Waals surface area contributed by atoms with Crippen LogP contribution in [-0.2, 0) is 13.0 Å². The van der Waals surface area contributed by atoms with Gasteiger partial charge in [0.15, 0.2) is 0 Å². The molecule has 0 aliphatic carbocycles. The molecule has 0 spiro atoms. The van der Waals surface area contributed by atoms with Gasteiger partial charge in [-0.2, -0.15) is 0 Å². The highest BCUT2D eigenvalue weighted by atomic mass is 16.2. The Morgan fingerprint density at radius 2 is 2.50 bits per heavy atom. The predicted molar refractivity (Wildman–Crippen MR) is 59.6 cm³/mol. The van der Waals surface area contributed by atoms with Crippen molar-refractivity contribution in [2.45, 2.75) is 19.9 Å². The Morgan fingerprint density at radius 3 is 3.25 bits per heavy atom. The average molecular weight is 221 g/mol. The van der Waals surface area contributed by atoms with Crippen LogP contribution < -0.4 is 11.1 Å². The van der Waals surface area contributed by atoms with Gasteiger partial charge in [-0.1, -0.05) is 0 Å². The van der Waals surface area contributed by atoms with Crippen LogP contribution in [0.15, 0.2) is 6.20 Å². The number of rotatable bonds is 1. The highest BCUT2D eigenvalue weighted by molar-refractivity contribution is 5.74. The summed E-state index contributed by atoms with van der Waals surface area (Å²) in [6, 6.07) is -0.0506. The lowest BCUT2D eigenvalue weighted by Gasteiger charge is -2.27. The van der Waals surface area contributed by atoms with Gasteiger partial charge in [0.1, 0.15) is 0 Å². The zero-order valence-electron chi connectivity index (χ0n) is 9.23. The Morgan fingerprint density at radius 1 is 1.69 bits per heavy atom. The third-order valence-electron chi connectivity index (χ3n) is 2.58. The van der Waals surface area contributed by atoms with Crippen LogP contribution in [0.1, 0.15) is 18.2 Å². The third kappa shape index (κ3) is 2.05. The molecule has 1 aromatic rings. The van der Waals surface area contributed by atoms with Crippen molar-refractivity contribution in [3.8, 4) is 0 Å². The number of nitrogens with two attached hydrogens (primary N) is 1. The quantitative estimate of drug-likeness (QED) is 0.706. The standard InChI is InChI=1S/C10H15N5O/c1-2-12-10(16)15-4-3-7-5-13-9(11)14-8(7)6-15/h5H,2-4,6H2,1H3,(H,12,16)(H2,11,13,14). The third-order valence-corrected chi connectivity index (χ3v) is 2.58. The summed E-state index contributed by atoms with van der Waals surface area (Å²) in [5, 5.41) is 2.77. The van der Waals surface area contributed by atoms with Crippen molar-refractivity contribution in [3.05, 3.63) is 17.5 Å². The van der Waals surface area contributed by atoms with Crippen LogP contribution >= 0.6 is 0 Å². The van der Waals surface area contributed by atoms with Gasteiger partial charge in [0.05, 0.1) is 12.2 Å². The second-order valence-corrected chi connectivity index (χ2v) is 3.71. The Hall–Kier alpha value is -1.85. The fourth-order valence-corrected chi connectivity index (χ4v) is 1.75.